The van der Waals surface area contributed by atoms with E-state index >= 15 is 0 Å². The summed E-state index contributed by atoms with van der Waals surface area (Å²) in [6.07, 6.45) is 0. The zero-order chi connectivity index (χ0) is 2.71. The molecular weight excluding hydrogens is 340 g/mol. The molecule has 0 atom stereocenters. The Morgan fingerprint density at radius 3 is 1.25 bits per heavy atom. The summed E-state index contributed by atoms with van der Waals surface area (Å²) >= 11 is -1.79. The molecule has 26 valence electrons. The van der Waals surface area contributed by atoms with Crippen LogP contribution < -0.4 is 0 Å². The Morgan fingerprint density at radius 2 is 1.25 bits per heavy atom. The van der Waals surface area contributed by atoms with Crippen molar-refractivity contribution < 1.29 is 24.2 Å². The number of hydrogen-bond acceptors (Lipinski definition) is 2. The predicted molar refractivity (Wildman–Crippen MR) is 9.92 cm³/mol. The van der Waals surface area contributed by atoms with Crippen LogP contribution in [0.25, 0.3) is 0 Å². The zero-order valence-electron chi connectivity index (χ0n) is 1.88. The Labute approximate surface area is 51.2 Å². The van der Waals surface area contributed by atoms with Crippen LogP contribution in [0.2, 0.25) is 0 Å². The fourth-order valence-corrected chi connectivity index (χ4v) is 0. The van der Waals surface area contributed by atoms with E-state index in [0.29, 0.717) is 0 Å². The molecule has 4 heavy (non-hydrogen) atoms. The molecule has 0 amide bonds. The van der Waals surface area contributed by atoms with Crippen LogP contribution in [0, 0.1) is 0 Å². The first-order chi connectivity index (χ1) is 1.41. The zero-order valence-corrected chi connectivity index (χ0v) is 9.11. The van der Waals surface area contributed by atoms with Gasteiger partial charge in [-0.05, 0) is 0 Å². The van der Waals surface area contributed by atoms with E-state index in [9.17, 15) is 0 Å². The van der Waals surface area contributed by atoms with Crippen LogP contribution in [0.5, 0.6) is 0 Å². The molecule has 0 aliphatic carbocycles. The summed E-state index contributed by atoms with van der Waals surface area (Å²) in [4.78, 5) is 0. The maximum absolute atomic E-state index is 8.46. The maximum atomic E-state index is 8.46. The van der Waals surface area contributed by atoms with Gasteiger partial charge in [0, 0.05) is 0 Å². The van der Waals surface area contributed by atoms with Gasteiger partial charge in [-0.3, -0.25) is 0 Å². The normalized spacial score (nSPS) is 4.00. The Morgan fingerprint density at radius 1 is 1.25 bits per heavy atom. The van der Waals surface area contributed by atoms with E-state index in [-0.39, 0.29) is 27.3 Å². The van der Waals surface area contributed by atoms with E-state index in [4.69, 9.17) is 7.15 Å². The Balaban J connectivity index is 0. The summed E-state index contributed by atoms with van der Waals surface area (Å²) in [5.41, 5.74) is 0. The third kappa shape index (κ3) is 11.0. The fourth-order valence-electron chi connectivity index (χ4n) is 0. The van der Waals surface area contributed by atoms with Gasteiger partial charge in [-0.25, -0.2) is 0 Å². The summed E-state index contributed by atoms with van der Waals surface area (Å²) in [5, 5.41) is 0. The van der Waals surface area contributed by atoms with Crippen molar-refractivity contribution in [3.8, 4) is 0 Å². The van der Waals surface area contributed by atoms with E-state index < -0.39 is 17.0 Å². The van der Waals surface area contributed by atoms with Crippen molar-refractivity contribution in [1.82, 2.24) is 0 Å². The van der Waals surface area contributed by atoms with Gasteiger partial charge in [0.05, 0.1) is 0 Å². The van der Waals surface area contributed by atoms with Crippen LogP contribution in [0.15, 0.2) is 0 Å². The number of hydrogen-bond donors (Lipinski definition) is 0. The summed E-state index contributed by atoms with van der Waals surface area (Å²) in [6, 6.07) is 0. The van der Waals surface area contributed by atoms with Gasteiger partial charge in [-0.15, -0.1) is 0 Å². The van der Waals surface area contributed by atoms with E-state index in [2.05, 4.69) is 0 Å². The van der Waals surface area contributed by atoms with Crippen molar-refractivity contribution in [1.29, 1.82) is 0 Å². The summed E-state index contributed by atoms with van der Waals surface area (Å²) in [5.74, 6) is 0. The van der Waals surface area contributed by atoms with Gasteiger partial charge in [-0.2, -0.15) is 0 Å². The van der Waals surface area contributed by atoms with Gasteiger partial charge in [-0.1, -0.05) is 0 Å². The summed E-state index contributed by atoms with van der Waals surface area (Å²) < 4.78 is 16.9. The average molecular weight is 342 g/mol. The first kappa shape index (κ1) is 8.94. The minimum atomic E-state index is -1.79. The third-order valence-corrected chi connectivity index (χ3v) is 0. The quantitative estimate of drug-likeness (QED) is 0.521. The van der Waals surface area contributed by atoms with Gasteiger partial charge in [0.25, 0.3) is 0 Å². The molecule has 0 aromatic heterocycles. The van der Waals surface area contributed by atoms with Crippen molar-refractivity contribution in [3.05, 3.63) is 0 Å². The molecule has 0 saturated heterocycles. The molecule has 0 saturated carbocycles. The monoisotopic (exact) mass is 344 g/mol. The molecule has 0 rings (SSSR count). The SMILES string of the molecule is [O]=[Ru]=[O].[PbH2]. The molecule has 2 nitrogen and oxygen atoms in total. The molecule has 0 unspecified atom stereocenters. The first-order valence-electron chi connectivity index (χ1n) is 0.289. The molecule has 4 heteroatoms. The molecule has 2 radical (unpaired) electrons. The van der Waals surface area contributed by atoms with Crippen LogP contribution in [0.4, 0.5) is 0 Å². The van der Waals surface area contributed by atoms with Gasteiger partial charge >= 0.3 is 51.5 Å². The molecule has 0 N–H and O–H groups in total. The average Bonchev–Trinajstić information content (AvgIpc) is 0.918. The third-order valence-electron chi connectivity index (χ3n) is 0. The van der Waals surface area contributed by atoms with E-state index in [1.165, 1.54) is 0 Å². The molecule has 0 aromatic rings. The Bertz CT molecular complexity index is 27.0. The van der Waals surface area contributed by atoms with Crippen molar-refractivity contribution in [3.63, 3.8) is 0 Å². The van der Waals surface area contributed by atoms with E-state index in [0.717, 1.165) is 0 Å². The van der Waals surface area contributed by atoms with Gasteiger partial charge in [0.1, 0.15) is 0 Å². The van der Waals surface area contributed by atoms with Gasteiger partial charge in [0.15, 0.2) is 0 Å². The fraction of sp³-hybridized carbons (Fsp3) is 0. The van der Waals surface area contributed by atoms with E-state index in [1.54, 1.807) is 0 Å². The summed E-state index contributed by atoms with van der Waals surface area (Å²) in [6.45, 7) is 0. The molecule has 0 aliphatic rings. The second-order valence-corrected chi connectivity index (χ2v) is 0.349. The van der Waals surface area contributed by atoms with Crippen molar-refractivity contribution in [2.24, 2.45) is 0 Å². The van der Waals surface area contributed by atoms with Gasteiger partial charge < -0.3 is 0 Å². The van der Waals surface area contributed by atoms with Crippen LogP contribution in [0.1, 0.15) is 0 Å². The van der Waals surface area contributed by atoms with Crippen LogP contribution in [-0.2, 0) is 24.2 Å². The second-order valence-electron chi connectivity index (χ2n) is 0.0589. The van der Waals surface area contributed by atoms with E-state index in [1.807, 2.05) is 0 Å². The topological polar surface area (TPSA) is 34.1 Å². The Kier molecular flexibility index (Phi) is 19.9. The minimum absolute atomic E-state index is 0. The molecule has 0 aliphatic heterocycles. The Hall–Kier alpha value is 1.15. The van der Waals surface area contributed by atoms with Crippen molar-refractivity contribution >= 4 is 27.3 Å². The van der Waals surface area contributed by atoms with Crippen molar-refractivity contribution in [2.45, 2.75) is 0 Å². The molecule has 0 spiro atoms. The predicted octanol–water partition coefficient (Wildman–Crippen LogP) is -1.16. The molecule has 0 heterocycles. The van der Waals surface area contributed by atoms with Gasteiger partial charge in [0.2, 0.25) is 0 Å². The van der Waals surface area contributed by atoms with Crippen LogP contribution in [0.3, 0.4) is 0 Å². The van der Waals surface area contributed by atoms with Crippen LogP contribution in [-0.4, -0.2) is 27.3 Å². The first-order valence-corrected chi connectivity index (χ1v) is 1.71. The number of rotatable bonds is 0. The molecule has 0 fully saturated rings. The molecule has 0 bridgehead atoms. The molecule has 0 aromatic carbocycles. The van der Waals surface area contributed by atoms with Crippen LogP contribution >= 0.6 is 0 Å². The standard InChI is InChI=1S/2O.Pb.Ru.2H. The summed E-state index contributed by atoms with van der Waals surface area (Å²) in [7, 11) is 0. The van der Waals surface area contributed by atoms with Crippen molar-refractivity contribution in [2.75, 3.05) is 0 Å². The molecular formula is H2O2PbRu. The second kappa shape index (κ2) is 8.91.